The first kappa shape index (κ1) is 39.6. The molecule has 0 bridgehead atoms. The summed E-state index contributed by atoms with van der Waals surface area (Å²) in [5.41, 5.74) is -3.46. The van der Waals surface area contributed by atoms with Gasteiger partial charge >= 0.3 is 12.5 Å². The number of alkyl halides is 3. The van der Waals surface area contributed by atoms with Gasteiger partial charge in [0.05, 0.1) is 11.8 Å². The number of nitrogens with one attached hydrogen (secondary N) is 3. The predicted octanol–water partition coefficient (Wildman–Crippen LogP) is 4.09. The summed E-state index contributed by atoms with van der Waals surface area (Å²) in [5, 5.41) is 4.80. The summed E-state index contributed by atoms with van der Waals surface area (Å²) in [7, 11) is -3.97. The molecule has 3 fully saturated rings. The van der Waals surface area contributed by atoms with E-state index in [9.17, 15) is 40.8 Å². The van der Waals surface area contributed by atoms with Crippen molar-refractivity contribution in [1.29, 1.82) is 0 Å². The van der Waals surface area contributed by atoms with Gasteiger partial charge in [0.15, 0.2) is 0 Å². The summed E-state index contributed by atoms with van der Waals surface area (Å²) in [6, 6.07) is 2.72. The normalized spacial score (nSPS) is 23.8. The Kier molecular flexibility index (Phi) is 10.4. The number of rotatable bonds is 11. The lowest BCUT2D eigenvalue weighted by molar-refractivity contribution is -0.274. The number of aromatic nitrogens is 1. The maximum Gasteiger partial charge on any atom is 0.573 e. The average Bonchev–Trinajstić information content (AvgIpc) is 3.95. The molecule has 53 heavy (non-hydrogen) atoms. The van der Waals surface area contributed by atoms with E-state index < -0.39 is 91.9 Å². The average molecular weight is 768 g/mol. The molecule has 1 saturated heterocycles. The molecule has 5 atom stereocenters. The standard InChI is InChI=1S/C35H44F3N5O9S/c1-8-19-17-34(19,30(46)42-53(48,49)21-12-13-21)41-27(44)24-16-20(18-43(24)29(45)26(32(2,3)4)40-31(47)52-33(5,6)7)50-28-23-10-9-11-25(51-35(36,37)38)22(23)14-15-39-28/h8-11,14-15,19-21,24,26H,1,12-13,16-18H2,2-7H3,(H,40,47)(H,41,44)(H,42,46)/t19-,20-,24+,26-,34-/m1/s1. The van der Waals surface area contributed by atoms with Crippen molar-refractivity contribution in [2.75, 3.05) is 6.54 Å². The van der Waals surface area contributed by atoms with Gasteiger partial charge in [-0.05, 0) is 63.6 Å². The van der Waals surface area contributed by atoms with E-state index in [1.165, 1.54) is 35.4 Å². The lowest BCUT2D eigenvalue weighted by Crippen LogP contribution is -2.60. The molecule has 1 aromatic carbocycles. The maximum absolute atomic E-state index is 14.4. The number of fused-ring (bicyclic) bond motifs is 1. The number of ether oxygens (including phenoxy) is 3. The zero-order valence-corrected chi connectivity index (χ0v) is 31.0. The highest BCUT2D eigenvalue weighted by Crippen LogP contribution is 2.46. The fourth-order valence-electron chi connectivity index (χ4n) is 6.25. The van der Waals surface area contributed by atoms with Crippen LogP contribution < -0.4 is 24.8 Å². The molecule has 0 spiro atoms. The van der Waals surface area contributed by atoms with Crippen molar-refractivity contribution in [3.63, 3.8) is 0 Å². The third-order valence-electron chi connectivity index (χ3n) is 9.10. The first-order valence-electron chi connectivity index (χ1n) is 17.0. The van der Waals surface area contributed by atoms with E-state index in [4.69, 9.17) is 9.47 Å². The molecule has 4 amide bonds. The SMILES string of the molecule is C=C[C@@H]1C[C@]1(NC(=O)[C@@H]1C[C@@H](Oc2nccc3c(OC(F)(F)F)cccc23)CN1C(=O)[C@@H](NC(=O)OC(C)(C)C)C(C)(C)C)C(=O)NS(=O)(=O)C1CC1. The zero-order chi connectivity index (χ0) is 39.3. The highest BCUT2D eigenvalue weighted by molar-refractivity contribution is 7.91. The minimum atomic E-state index is -4.97. The Balaban J connectivity index is 1.46. The number of hydrogen-bond donors (Lipinski definition) is 3. The number of halogens is 3. The van der Waals surface area contributed by atoms with Gasteiger partial charge in [-0.2, -0.15) is 0 Å². The van der Waals surface area contributed by atoms with Gasteiger partial charge in [0.2, 0.25) is 27.7 Å². The Morgan fingerprint density at radius 2 is 1.74 bits per heavy atom. The van der Waals surface area contributed by atoms with Crippen molar-refractivity contribution in [1.82, 2.24) is 25.2 Å². The predicted molar refractivity (Wildman–Crippen MR) is 185 cm³/mol. The van der Waals surface area contributed by atoms with E-state index in [-0.39, 0.29) is 36.0 Å². The molecular formula is C35H44F3N5O9S. The number of carbonyl (C=O) groups excluding carboxylic acids is 4. The van der Waals surface area contributed by atoms with Crippen LogP contribution in [0.4, 0.5) is 18.0 Å². The molecule has 1 aliphatic heterocycles. The fraction of sp³-hybridized carbons (Fsp3) is 0.571. The lowest BCUT2D eigenvalue weighted by atomic mass is 9.85. The third-order valence-corrected chi connectivity index (χ3v) is 10.9. The van der Waals surface area contributed by atoms with E-state index >= 15 is 0 Å². The first-order chi connectivity index (χ1) is 24.4. The van der Waals surface area contributed by atoms with E-state index in [2.05, 4.69) is 31.7 Å². The molecule has 18 heteroatoms. The fourth-order valence-corrected chi connectivity index (χ4v) is 7.61. The van der Waals surface area contributed by atoms with Gasteiger partial charge in [-0.15, -0.1) is 19.8 Å². The van der Waals surface area contributed by atoms with Crippen LogP contribution in [0.5, 0.6) is 11.6 Å². The molecule has 2 aliphatic carbocycles. The van der Waals surface area contributed by atoms with Crippen LogP contribution in [0, 0.1) is 11.3 Å². The van der Waals surface area contributed by atoms with Crippen molar-refractivity contribution in [3.05, 3.63) is 43.1 Å². The number of sulfonamides is 1. The van der Waals surface area contributed by atoms with Crippen LogP contribution in [0.1, 0.15) is 67.2 Å². The van der Waals surface area contributed by atoms with Crippen molar-refractivity contribution >= 4 is 44.6 Å². The molecule has 2 aromatic rings. The molecule has 2 saturated carbocycles. The van der Waals surface area contributed by atoms with Crippen molar-refractivity contribution in [2.45, 2.75) is 108 Å². The second-order valence-corrected chi connectivity index (χ2v) is 17.6. The number of nitrogens with zero attached hydrogens (tertiary/aromatic N) is 2. The quantitative estimate of drug-likeness (QED) is 0.282. The number of carbonyl (C=O) groups is 4. The largest absolute Gasteiger partial charge is 0.573 e. The Labute approximate surface area is 305 Å². The van der Waals surface area contributed by atoms with Gasteiger partial charge < -0.3 is 29.7 Å². The first-order valence-corrected chi connectivity index (χ1v) is 18.6. The Hall–Kier alpha value is -4.61. The van der Waals surface area contributed by atoms with Gasteiger partial charge in [-0.3, -0.25) is 19.1 Å². The number of hydrogen-bond acceptors (Lipinski definition) is 10. The monoisotopic (exact) mass is 767 g/mol. The highest BCUT2D eigenvalue weighted by atomic mass is 32.2. The molecule has 290 valence electrons. The molecule has 1 aromatic heterocycles. The van der Waals surface area contributed by atoms with Gasteiger partial charge in [0, 0.05) is 29.3 Å². The van der Waals surface area contributed by atoms with Crippen LogP contribution >= 0.6 is 0 Å². The summed E-state index contributed by atoms with van der Waals surface area (Å²) in [4.78, 5) is 60.3. The molecular weight excluding hydrogens is 723 g/mol. The molecule has 2 heterocycles. The van der Waals surface area contributed by atoms with Gasteiger partial charge in [0.1, 0.15) is 35.1 Å². The minimum absolute atomic E-state index is 0.0442. The van der Waals surface area contributed by atoms with Crippen LogP contribution in [0.2, 0.25) is 0 Å². The molecule has 3 N–H and O–H groups in total. The van der Waals surface area contributed by atoms with Crippen LogP contribution in [0.25, 0.3) is 10.8 Å². The second kappa shape index (κ2) is 14.0. The van der Waals surface area contributed by atoms with Crippen molar-refractivity contribution in [2.24, 2.45) is 11.3 Å². The van der Waals surface area contributed by atoms with Gasteiger partial charge in [0.25, 0.3) is 5.91 Å². The Morgan fingerprint density at radius 3 is 2.30 bits per heavy atom. The topological polar surface area (TPSA) is 182 Å². The van der Waals surface area contributed by atoms with Crippen LogP contribution in [0.3, 0.4) is 0 Å². The van der Waals surface area contributed by atoms with Crippen molar-refractivity contribution in [3.8, 4) is 11.6 Å². The number of likely N-dealkylation sites (tertiary alicyclic amines) is 1. The van der Waals surface area contributed by atoms with Crippen LogP contribution in [-0.2, 0) is 29.1 Å². The second-order valence-electron chi connectivity index (χ2n) is 15.6. The van der Waals surface area contributed by atoms with Gasteiger partial charge in [-0.1, -0.05) is 32.9 Å². The Bertz CT molecular complexity index is 1910. The van der Waals surface area contributed by atoms with Gasteiger partial charge in [-0.25, -0.2) is 18.2 Å². The maximum atomic E-state index is 14.4. The molecule has 0 unspecified atom stereocenters. The Morgan fingerprint density at radius 1 is 1.06 bits per heavy atom. The number of amides is 4. The summed E-state index contributed by atoms with van der Waals surface area (Å²) in [6.45, 7) is 13.5. The third kappa shape index (κ3) is 9.13. The molecule has 5 rings (SSSR count). The van der Waals surface area contributed by atoms with Crippen molar-refractivity contribution < 1.29 is 55.0 Å². The summed E-state index contributed by atoms with van der Waals surface area (Å²) in [6.07, 6.45) is -3.46. The minimum Gasteiger partial charge on any atom is -0.472 e. The van der Waals surface area contributed by atoms with E-state index in [1.807, 2.05) is 0 Å². The number of alkyl carbamates (subject to hydrolysis) is 1. The highest BCUT2D eigenvalue weighted by Gasteiger charge is 2.62. The smallest absolute Gasteiger partial charge is 0.472 e. The van der Waals surface area contributed by atoms with E-state index in [0.29, 0.717) is 12.8 Å². The molecule has 3 aliphatic rings. The van der Waals surface area contributed by atoms with E-state index in [1.54, 1.807) is 41.5 Å². The molecule has 0 radical (unpaired) electrons. The molecule has 14 nitrogen and oxygen atoms in total. The van der Waals surface area contributed by atoms with E-state index in [0.717, 1.165) is 6.07 Å². The number of benzene rings is 1. The number of pyridine rings is 1. The van der Waals surface area contributed by atoms with Crippen LogP contribution in [0.15, 0.2) is 43.1 Å². The summed E-state index contributed by atoms with van der Waals surface area (Å²) < 4.78 is 82.6. The summed E-state index contributed by atoms with van der Waals surface area (Å²) >= 11 is 0. The zero-order valence-electron chi connectivity index (χ0n) is 30.2. The lowest BCUT2D eigenvalue weighted by Gasteiger charge is -2.36. The summed E-state index contributed by atoms with van der Waals surface area (Å²) in [5.74, 6) is -3.61. The van der Waals surface area contributed by atoms with Crippen LogP contribution in [-0.4, -0.2) is 89.6 Å².